The number of hydrogen-bond donors (Lipinski definition) is 1. The van der Waals surface area contributed by atoms with Crippen molar-refractivity contribution in [1.82, 2.24) is 5.32 Å². The van der Waals surface area contributed by atoms with Crippen molar-refractivity contribution in [1.29, 1.82) is 0 Å². The lowest BCUT2D eigenvalue weighted by Crippen LogP contribution is -2.39. The summed E-state index contributed by atoms with van der Waals surface area (Å²) in [7, 11) is 3.90. The number of rotatable bonds is 5. The van der Waals surface area contributed by atoms with E-state index in [0.717, 1.165) is 24.2 Å². The van der Waals surface area contributed by atoms with Crippen molar-refractivity contribution in [2.45, 2.75) is 58.6 Å². The molecule has 0 aromatic carbocycles. The third kappa shape index (κ3) is 3.74. The normalized spacial score (nSPS) is 34.7. The molecule has 5 unspecified atom stereocenters. The second-order valence-corrected chi connectivity index (χ2v) is 5.70. The molecule has 96 valence electrons. The van der Waals surface area contributed by atoms with Gasteiger partial charge in [-0.3, -0.25) is 0 Å². The van der Waals surface area contributed by atoms with Crippen LogP contribution in [0.5, 0.6) is 0 Å². The Balaban J connectivity index is 2.47. The van der Waals surface area contributed by atoms with Crippen molar-refractivity contribution in [3.8, 4) is 0 Å². The van der Waals surface area contributed by atoms with Gasteiger partial charge in [-0.25, -0.2) is 0 Å². The molecule has 1 fully saturated rings. The molecule has 0 heterocycles. The zero-order valence-corrected chi connectivity index (χ0v) is 11.6. The zero-order valence-electron chi connectivity index (χ0n) is 11.6. The standard InChI is InChI=1S/C14H29NO/c1-10-6-7-13(8-11(10)2)14(15-4)9-12(3)16-5/h10-15H,6-9H2,1-5H3. The van der Waals surface area contributed by atoms with Crippen molar-refractivity contribution in [2.24, 2.45) is 17.8 Å². The van der Waals surface area contributed by atoms with E-state index in [1.807, 2.05) is 7.11 Å². The molecule has 1 aliphatic rings. The van der Waals surface area contributed by atoms with Crippen molar-refractivity contribution in [2.75, 3.05) is 14.2 Å². The highest BCUT2D eigenvalue weighted by molar-refractivity contribution is 4.84. The van der Waals surface area contributed by atoms with Crippen LogP contribution in [0.15, 0.2) is 0 Å². The minimum absolute atomic E-state index is 0.368. The molecule has 0 spiro atoms. The van der Waals surface area contributed by atoms with E-state index in [0.29, 0.717) is 12.1 Å². The Morgan fingerprint density at radius 2 is 1.94 bits per heavy atom. The van der Waals surface area contributed by atoms with E-state index in [1.165, 1.54) is 19.3 Å². The third-order valence-corrected chi connectivity index (χ3v) is 4.57. The monoisotopic (exact) mass is 227 g/mol. The summed E-state index contributed by atoms with van der Waals surface area (Å²) in [6, 6.07) is 0.630. The van der Waals surface area contributed by atoms with Crippen LogP contribution in [0.4, 0.5) is 0 Å². The van der Waals surface area contributed by atoms with E-state index in [1.54, 1.807) is 0 Å². The number of nitrogens with one attached hydrogen (secondary N) is 1. The maximum atomic E-state index is 5.38. The van der Waals surface area contributed by atoms with Crippen molar-refractivity contribution < 1.29 is 4.74 Å². The fraction of sp³-hybridized carbons (Fsp3) is 1.00. The second kappa shape index (κ2) is 6.61. The predicted molar refractivity (Wildman–Crippen MR) is 69.6 cm³/mol. The van der Waals surface area contributed by atoms with Crippen LogP contribution in [-0.4, -0.2) is 26.3 Å². The molecular weight excluding hydrogens is 198 g/mol. The van der Waals surface area contributed by atoms with Crippen molar-refractivity contribution in [3.05, 3.63) is 0 Å². The van der Waals surface area contributed by atoms with Gasteiger partial charge in [0.05, 0.1) is 6.10 Å². The Hall–Kier alpha value is -0.0800. The molecule has 0 bridgehead atoms. The molecule has 16 heavy (non-hydrogen) atoms. The highest BCUT2D eigenvalue weighted by atomic mass is 16.5. The lowest BCUT2D eigenvalue weighted by molar-refractivity contribution is 0.0805. The molecule has 1 aliphatic carbocycles. The maximum absolute atomic E-state index is 5.38. The van der Waals surface area contributed by atoms with Gasteiger partial charge in [0, 0.05) is 13.2 Å². The van der Waals surface area contributed by atoms with Gasteiger partial charge in [-0.15, -0.1) is 0 Å². The van der Waals surface area contributed by atoms with Gasteiger partial charge < -0.3 is 10.1 Å². The zero-order chi connectivity index (χ0) is 12.1. The Kier molecular flexibility index (Phi) is 5.77. The predicted octanol–water partition coefficient (Wildman–Crippen LogP) is 3.07. The minimum Gasteiger partial charge on any atom is -0.382 e. The molecule has 0 radical (unpaired) electrons. The molecule has 0 amide bonds. The fourth-order valence-corrected chi connectivity index (χ4v) is 2.95. The van der Waals surface area contributed by atoms with E-state index < -0.39 is 0 Å². The first kappa shape index (κ1) is 14.0. The van der Waals surface area contributed by atoms with Crippen LogP contribution < -0.4 is 5.32 Å². The average Bonchev–Trinajstić information content (AvgIpc) is 2.29. The highest BCUT2D eigenvalue weighted by Crippen LogP contribution is 2.35. The summed E-state index contributed by atoms with van der Waals surface area (Å²) in [4.78, 5) is 0. The van der Waals surface area contributed by atoms with E-state index in [-0.39, 0.29) is 0 Å². The first-order valence-corrected chi connectivity index (χ1v) is 6.78. The van der Waals surface area contributed by atoms with Gasteiger partial charge in [-0.05, 0) is 51.0 Å². The summed E-state index contributed by atoms with van der Waals surface area (Å²) >= 11 is 0. The van der Waals surface area contributed by atoms with Crippen molar-refractivity contribution >= 4 is 0 Å². The SMILES string of the molecule is CNC(CC(C)OC)C1CCC(C)C(C)C1. The number of methoxy groups -OCH3 is 1. The van der Waals surface area contributed by atoms with Gasteiger partial charge in [0.15, 0.2) is 0 Å². The smallest absolute Gasteiger partial charge is 0.0558 e. The van der Waals surface area contributed by atoms with Crippen LogP contribution in [0.3, 0.4) is 0 Å². The Morgan fingerprint density at radius 3 is 2.44 bits per heavy atom. The maximum Gasteiger partial charge on any atom is 0.0558 e. The minimum atomic E-state index is 0.368. The first-order chi connectivity index (χ1) is 7.58. The van der Waals surface area contributed by atoms with Crippen LogP contribution in [0.25, 0.3) is 0 Å². The van der Waals surface area contributed by atoms with Gasteiger partial charge in [-0.2, -0.15) is 0 Å². The molecule has 5 atom stereocenters. The molecule has 2 heteroatoms. The van der Waals surface area contributed by atoms with Gasteiger partial charge in [-0.1, -0.05) is 20.3 Å². The summed E-state index contributed by atoms with van der Waals surface area (Å²) < 4.78 is 5.38. The van der Waals surface area contributed by atoms with E-state index in [2.05, 4.69) is 33.1 Å². The molecule has 0 saturated heterocycles. The average molecular weight is 227 g/mol. The summed E-state index contributed by atoms with van der Waals surface area (Å²) in [6.07, 6.45) is 5.66. The molecule has 0 aromatic heterocycles. The van der Waals surface area contributed by atoms with Crippen molar-refractivity contribution in [3.63, 3.8) is 0 Å². The van der Waals surface area contributed by atoms with Crippen LogP contribution >= 0.6 is 0 Å². The molecular formula is C14H29NO. The number of ether oxygens (including phenoxy) is 1. The fourth-order valence-electron chi connectivity index (χ4n) is 2.95. The lowest BCUT2D eigenvalue weighted by atomic mass is 9.72. The third-order valence-electron chi connectivity index (χ3n) is 4.57. The van der Waals surface area contributed by atoms with Crippen LogP contribution in [-0.2, 0) is 4.74 Å². The largest absolute Gasteiger partial charge is 0.382 e. The molecule has 1 N–H and O–H groups in total. The van der Waals surface area contributed by atoms with Gasteiger partial charge in [0.25, 0.3) is 0 Å². The molecule has 2 nitrogen and oxygen atoms in total. The topological polar surface area (TPSA) is 21.3 Å². The van der Waals surface area contributed by atoms with Crippen LogP contribution in [0, 0.1) is 17.8 Å². The Bertz CT molecular complexity index is 193. The van der Waals surface area contributed by atoms with Crippen LogP contribution in [0.1, 0.15) is 46.5 Å². The summed E-state index contributed by atoms with van der Waals surface area (Å²) in [6.45, 7) is 6.97. The summed E-state index contributed by atoms with van der Waals surface area (Å²) in [5.41, 5.74) is 0. The molecule has 1 saturated carbocycles. The van der Waals surface area contributed by atoms with Crippen LogP contribution in [0.2, 0.25) is 0 Å². The van der Waals surface area contributed by atoms with Gasteiger partial charge in [0.2, 0.25) is 0 Å². The van der Waals surface area contributed by atoms with Gasteiger partial charge in [0.1, 0.15) is 0 Å². The Morgan fingerprint density at radius 1 is 1.25 bits per heavy atom. The lowest BCUT2D eigenvalue weighted by Gasteiger charge is -2.37. The van der Waals surface area contributed by atoms with E-state index >= 15 is 0 Å². The molecule has 0 aliphatic heterocycles. The quantitative estimate of drug-likeness (QED) is 0.779. The Labute approximate surface area is 101 Å². The number of hydrogen-bond acceptors (Lipinski definition) is 2. The van der Waals surface area contributed by atoms with Gasteiger partial charge >= 0.3 is 0 Å². The van der Waals surface area contributed by atoms with E-state index in [4.69, 9.17) is 4.74 Å². The summed E-state index contributed by atoms with van der Waals surface area (Å²) in [5.74, 6) is 2.63. The second-order valence-electron chi connectivity index (χ2n) is 5.70. The van der Waals surface area contributed by atoms with E-state index in [9.17, 15) is 0 Å². The molecule has 1 rings (SSSR count). The molecule has 0 aromatic rings. The first-order valence-electron chi connectivity index (χ1n) is 6.78. The highest BCUT2D eigenvalue weighted by Gasteiger charge is 2.30. The summed E-state index contributed by atoms with van der Waals surface area (Å²) in [5, 5.41) is 3.49.